The topological polar surface area (TPSA) is 119 Å². The smallest absolute Gasteiger partial charge is 0.410 e. The third kappa shape index (κ3) is 5.39. The average Bonchev–Trinajstić information content (AvgIpc) is 3.50. The molecule has 11 heteroatoms. The van der Waals surface area contributed by atoms with Gasteiger partial charge in [-0.05, 0) is 50.8 Å². The van der Waals surface area contributed by atoms with E-state index in [-0.39, 0.29) is 17.6 Å². The molecular weight excluding hydrogens is 496 g/mol. The van der Waals surface area contributed by atoms with Crippen LogP contribution in [0.4, 0.5) is 4.79 Å². The van der Waals surface area contributed by atoms with Crippen molar-refractivity contribution >= 4 is 23.3 Å². The first kappa shape index (κ1) is 25.0. The van der Waals surface area contributed by atoms with E-state index in [9.17, 15) is 9.59 Å². The van der Waals surface area contributed by atoms with Gasteiger partial charge < -0.3 is 19.1 Å². The molecule has 4 heterocycles. The maximum atomic E-state index is 12.6. The Bertz CT molecular complexity index is 1480. The molecule has 1 aliphatic heterocycles. The second-order valence-electron chi connectivity index (χ2n) is 9.94. The zero-order chi connectivity index (χ0) is 26.2. The molecule has 0 saturated carbocycles. The predicted molar refractivity (Wildman–Crippen MR) is 138 cm³/mol. The highest BCUT2D eigenvalue weighted by molar-refractivity contribution is 6.30. The van der Waals surface area contributed by atoms with Crippen LogP contribution < -0.4 is 5.56 Å². The number of fused-ring (bicyclic) bond motifs is 1. The van der Waals surface area contributed by atoms with Crippen molar-refractivity contribution in [3.8, 4) is 11.4 Å². The third-order valence-electron chi connectivity index (χ3n) is 6.87. The van der Waals surface area contributed by atoms with E-state index in [1.54, 1.807) is 27.7 Å². The zero-order valence-electron chi connectivity index (χ0n) is 21.0. The fourth-order valence-corrected chi connectivity index (χ4v) is 4.67. The van der Waals surface area contributed by atoms with Crippen molar-refractivity contribution in [3.05, 3.63) is 69.1 Å². The number of aromatic nitrogens is 5. The number of amides is 1. The highest BCUT2D eigenvalue weighted by Gasteiger charge is 2.30. The number of hydrogen-bond donors (Lipinski definition) is 1. The summed E-state index contributed by atoms with van der Waals surface area (Å²) < 4.78 is 12.8. The van der Waals surface area contributed by atoms with Gasteiger partial charge >= 0.3 is 6.09 Å². The second kappa shape index (κ2) is 10.0. The quantitative estimate of drug-likeness (QED) is 0.384. The monoisotopic (exact) mass is 524 g/mol. The number of nitrogens with one attached hydrogen (secondary N) is 1. The van der Waals surface area contributed by atoms with Crippen LogP contribution in [-0.2, 0) is 11.2 Å². The van der Waals surface area contributed by atoms with Crippen LogP contribution in [0.1, 0.15) is 63.1 Å². The molecule has 10 nitrogen and oxygen atoms in total. The lowest BCUT2D eigenvalue weighted by molar-refractivity contribution is 0.00740. The molecule has 37 heavy (non-hydrogen) atoms. The molecule has 1 saturated heterocycles. The van der Waals surface area contributed by atoms with E-state index in [0.717, 1.165) is 17.7 Å². The summed E-state index contributed by atoms with van der Waals surface area (Å²) in [4.78, 5) is 34.3. The van der Waals surface area contributed by atoms with Crippen molar-refractivity contribution in [2.75, 3.05) is 13.1 Å². The first-order valence-corrected chi connectivity index (χ1v) is 12.8. The van der Waals surface area contributed by atoms with Gasteiger partial charge in [0.05, 0.1) is 23.9 Å². The minimum Gasteiger partial charge on any atom is -0.443 e. The number of nitrogens with zero attached hydrogens (tertiary/aromatic N) is 5. The number of carbonyl (C=O) groups excluding carboxylic acids is 1. The van der Waals surface area contributed by atoms with Crippen LogP contribution in [0.25, 0.3) is 17.0 Å². The molecule has 0 aliphatic carbocycles. The predicted octanol–water partition coefficient (Wildman–Crippen LogP) is 4.82. The van der Waals surface area contributed by atoms with Gasteiger partial charge in [-0.15, -0.1) is 0 Å². The van der Waals surface area contributed by atoms with E-state index < -0.39 is 5.60 Å². The van der Waals surface area contributed by atoms with Crippen molar-refractivity contribution in [2.24, 2.45) is 0 Å². The molecule has 1 aromatic carbocycles. The van der Waals surface area contributed by atoms with Crippen LogP contribution in [0.2, 0.25) is 5.02 Å². The standard InChI is InChI=1S/C26H29ClN6O4/c1-4-26(2,3)36-25(35)32-10-8-17(9-11-32)20-14-21(34)29-24-19(15-28-33(20)24)23-30-22(37-31-23)13-16-6-5-7-18(27)12-16/h5-7,12,14-15,17H,4,8-11,13H2,1-3H3,(H,29,34). The normalized spacial score (nSPS) is 14.9. The molecule has 4 aromatic rings. The Morgan fingerprint density at radius 1 is 1.27 bits per heavy atom. The van der Waals surface area contributed by atoms with Crippen molar-refractivity contribution in [1.29, 1.82) is 0 Å². The lowest BCUT2D eigenvalue weighted by Crippen LogP contribution is -2.42. The van der Waals surface area contributed by atoms with Crippen LogP contribution in [0.5, 0.6) is 0 Å². The van der Waals surface area contributed by atoms with E-state index in [1.165, 1.54) is 0 Å². The van der Waals surface area contributed by atoms with Crippen molar-refractivity contribution in [1.82, 2.24) is 29.6 Å². The molecule has 1 aliphatic rings. The summed E-state index contributed by atoms with van der Waals surface area (Å²) in [5, 5.41) is 9.28. The maximum Gasteiger partial charge on any atom is 0.410 e. The Kier molecular flexibility index (Phi) is 6.76. The molecule has 0 bridgehead atoms. The Labute approximate surface area is 218 Å². The van der Waals surface area contributed by atoms with E-state index in [4.69, 9.17) is 20.9 Å². The van der Waals surface area contributed by atoms with Gasteiger partial charge in [0.1, 0.15) is 11.2 Å². The summed E-state index contributed by atoms with van der Waals surface area (Å²) in [6, 6.07) is 9.03. The Hall–Kier alpha value is -3.66. The third-order valence-corrected chi connectivity index (χ3v) is 7.11. The number of H-pyrrole nitrogens is 1. The molecule has 0 radical (unpaired) electrons. The minimum atomic E-state index is -0.499. The number of piperidine rings is 1. The van der Waals surface area contributed by atoms with Gasteiger partial charge in [-0.1, -0.05) is 35.8 Å². The highest BCUT2D eigenvalue weighted by atomic mass is 35.5. The second-order valence-corrected chi connectivity index (χ2v) is 10.4. The van der Waals surface area contributed by atoms with Crippen LogP contribution in [-0.4, -0.2) is 54.4 Å². The minimum absolute atomic E-state index is 0.0597. The van der Waals surface area contributed by atoms with Gasteiger partial charge in [0.15, 0.2) is 0 Å². The molecule has 0 spiro atoms. The fourth-order valence-electron chi connectivity index (χ4n) is 4.46. The zero-order valence-corrected chi connectivity index (χ0v) is 21.8. The molecule has 1 fully saturated rings. The largest absolute Gasteiger partial charge is 0.443 e. The van der Waals surface area contributed by atoms with Crippen LogP contribution in [0.3, 0.4) is 0 Å². The SMILES string of the molecule is CCC(C)(C)OC(=O)N1CCC(c2cc(=O)[nH]c3c(-c4noc(Cc5cccc(Cl)c5)n4)cnn23)CC1. The van der Waals surface area contributed by atoms with Gasteiger partial charge in [0, 0.05) is 30.1 Å². The lowest BCUT2D eigenvalue weighted by atomic mass is 9.93. The van der Waals surface area contributed by atoms with Crippen molar-refractivity contribution in [2.45, 2.75) is 58.0 Å². The number of rotatable bonds is 6. The summed E-state index contributed by atoms with van der Waals surface area (Å²) in [5.41, 5.74) is 2.08. The number of ether oxygens (including phenoxy) is 1. The Morgan fingerprint density at radius 2 is 2.05 bits per heavy atom. The van der Waals surface area contributed by atoms with Gasteiger partial charge in [0.25, 0.3) is 5.56 Å². The van der Waals surface area contributed by atoms with Gasteiger partial charge in [-0.3, -0.25) is 4.79 Å². The highest BCUT2D eigenvalue weighted by Crippen LogP contribution is 2.30. The van der Waals surface area contributed by atoms with Crippen LogP contribution >= 0.6 is 11.6 Å². The number of carbonyl (C=O) groups is 1. The number of benzene rings is 1. The number of likely N-dealkylation sites (tertiary alicyclic amines) is 1. The Morgan fingerprint density at radius 3 is 2.78 bits per heavy atom. The summed E-state index contributed by atoms with van der Waals surface area (Å²) in [6.45, 7) is 6.89. The average molecular weight is 525 g/mol. The molecule has 5 rings (SSSR count). The first-order chi connectivity index (χ1) is 17.7. The lowest BCUT2D eigenvalue weighted by Gasteiger charge is -2.34. The number of hydrogen-bond acceptors (Lipinski definition) is 7. The van der Waals surface area contributed by atoms with Gasteiger partial charge in [0.2, 0.25) is 11.7 Å². The fraction of sp³-hybridized carbons (Fsp3) is 0.423. The molecule has 0 unspecified atom stereocenters. The van der Waals surface area contributed by atoms with Crippen LogP contribution in [0.15, 0.2) is 45.8 Å². The number of halogens is 1. The maximum absolute atomic E-state index is 12.6. The molecule has 194 valence electrons. The first-order valence-electron chi connectivity index (χ1n) is 12.4. The van der Waals surface area contributed by atoms with Crippen molar-refractivity contribution < 1.29 is 14.1 Å². The van der Waals surface area contributed by atoms with E-state index in [1.807, 2.05) is 39.0 Å². The summed E-state index contributed by atoms with van der Waals surface area (Å²) in [7, 11) is 0. The number of aromatic amines is 1. The molecule has 1 N–H and O–H groups in total. The summed E-state index contributed by atoms with van der Waals surface area (Å²) in [5.74, 6) is 0.834. The van der Waals surface area contributed by atoms with Crippen molar-refractivity contribution in [3.63, 3.8) is 0 Å². The molecule has 0 atom stereocenters. The van der Waals surface area contributed by atoms with E-state index in [2.05, 4.69) is 20.2 Å². The van der Waals surface area contributed by atoms with E-state index in [0.29, 0.717) is 60.3 Å². The summed E-state index contributed by atoms with van der Waals surface area (Å²) >= 11 is 6.07. The summed E-state index contributed by atoms with van der Waals surface area (Å²) in [6.07, 6.45) is 3.90. The molecular formula is C26H29ClN6O4. The molecule has 3 aromatic heterocycles. The van der Waals surface area contributed by atoms with Crippen LogP contribution in [0, 0.1) is 0 Å². The van der Waals surface area contributed by atoms with Gasteiger partial charge in [-0.25, -0.2) is 9.31 Å². The van der Waals surface area contributed by atoms with Gasteiger partial charge in [-0.2, -0.15) is 10.1 Å². The Balaban J connectivity index is 1.35. The van der Waals surface area contributed by atoms with E-state index >= 15 is 0 Å². The molecule has 1 amide bonds.